The molecule has 0 unspecified atom stereocenters. The minimum atomic E-state index is -3.63. The van der Waals surface area contributed by atoms with E-state index in [9.17, 15) is 13.2 Å². The maximum atomic E-state index is 12.4. The van der Waals surface area contributed by atoms with Gasteiger partial charge in [0.15, 0.2) is 0 Å². The van der Waals surface area contributed by atoms with Crippen molar-refractivity contribution >= 4 is 43.8 Å². The number of aryl methyl sites for hydroxylation is 2. The zero-order chi connectivity index (χ0) is 23.5. The third-order valence-electron chi connectivity index (χ3n) is 4.97. The number of nitrogens with zero attached hydrogens (tertiary/aromatic N) is 3. The average Bonchev–Trinajstić information content (AvgIpc) is 3.00. The van der Waals surface area contributed by atoms with Crippen molar-refractivity contribution in [2.75, 3.05) is 17.1 Å². The first-order chi connectivity index (χ1) is 15.1. The second-order valence-corrected chi connectivity index (χ2v) is 10.3. The molecular weight excluding hydrogens is 492 g/mol. The number of carbonyl (C=O) groups is 1. The Labute approximate surface area is 196 Å². The predicted molar refractivity (Wildman–Crippen MR) is 132 cm³/mol. The minimum absolute atomic E-state index is 0.366. The van der Waals surface area contributed by atoms with Gasteiger partial charge >= 0.3 is 0 Å². The molecule has 1 N–H and O–H groups in total. The summed E-state index contributed by atoms with van der Waals surface area (Å²) in [4.78, 5) is 12.4. The van der Waals surface area contributed by atoms with E-state index in [2.05, 4.69) is 31.0 Å². The summed E-state index contributed by atoms with van der Waals surface area (Å²) in [5.41, 5.74) is 7.68. The molecule has 0 aliphatic carbocycles. The average molecular weight is 517 g/mol. The van der Waals surface area contributed by atoms with Gasteiger partial charge in [-0.25, -0.2) is 13.8 Å². The molecule has 0 fully saturated rings. The maximum absolute atomic E-state index is 12.4. The van der Waals surface area contributed by atoms with Gasteiger partial charge in [0.25, 0.3) is 5.91 Å². The van der Waals surface area contributed by atoms with Gasteiger partial charge in [-0.1, -0.05) is 29.8 Å². The molecule has 1 aromatic heterocycles. The lowest BCUT2D eigenvalue weighted by Crippen LogP contribution is -2.39. The number of nitrogens with one attached hydrogen (secondary N) is 1. The molecule has 1 amide bonds. The molecule has 9 heteroatoms. The van der Waals surface area contributed by atoms with Gasteiger partial charge in [0.1, 0.15) is 6.54 Å². The summed E-state index contributed by atoms with van der Waals surface area (Å²) in [5.74, 6) is -0.535. The number of hydrogen-bond acceptors (Lipinski definition) is 4. The Morgan fingerprint density at radius 2 is 1.78 bits per heavy atom. The van der Waals surface area contributed by atoms with Gasteiger partial charge in [0.2, 0.25) is 10.0 Å². The Kier molecular flexibility index (Phi) is 7.20. The lowest BCUT2D eigenvalue weighted by Gasteiger charge is -2.21. The van der Waals surface area contributed by atoms with Crippen LogP contribution in [-0.4, -0.2) is 37.9 Å². The summed E-state index contributed by atoms with van der Waals surface area (Å²) >= 11 is 3.58. The highest BCUT2D eigenvalue weighted by molar-refractivity contribution is 9.10. The molecule has 0 aliphatic heterocycles. The van der Waals surface area contributed by atoms with Crippen LogP contribution in [0, 0.1) is 20.8 Å². The van der Waals surface area contributed by atoms with Crippen molar-refractivity contribution in [1.82, 2.24) is 9.99 Å². The molecule has 3 rings (SSSR count). The predicted octanol–water partition coefficient (Wildman–Crippen LogP) is 4.08. The Balaban J connectivity index is 1.74. The Bertz CT molecular complexity index is 1260. The number of para-hydroxylation sites is 1. The number of carbonyl (C=O) groups excluding carboxylic acids is 1. The van der Waals surface area contributed by atoms with E-state index < -0.39 is 15.9 Å². The Hall–Kier alpha value is -2.91. The molecule has 3 aromatic rings. The molecule has 0 bridgehead atoms. The van der Waals surface area contributed by atoms with Gasteiger partial charge in [-0.05, 0) is 67.0 Å². The zero-order valence-electron chi connectivity index (χ0n) is 18.3. The number of hydrazone groups is 1. The van der Waals surface area contributed by atoms with E-state index in [1.807, 2.05) is 51.1 Å². The number of aromatic nitrogens is 1. The van der Waals surface area contributed by atoms with Crippen LogP contribution in [0.15, 0.2) is 64.2 Å². The largest absolute Gasteiger partial charge is 0.317 e. The number of rotatable bonds is 7. The van der Waals surface area contributed by atoms with Crippen LogP contribution in [0.2, 0.25) is 0 Å². The first kappa shape index (κ1) is 23.7. The van der Waals surface area contributed by atoms with Crippen molar-refractivity contribution in [2.24, 2.45) is 5.10 Å². The third-order valence-corrected chi connectivity index (χ3v) is 6.78. The molecule has 1 heterocycles. The van der Waals surface area contributed by atoms with Gasteiger partial charge in [-0.15, -0.1) is 0 Å². The number of sulfonamides is 1. The molecule has 0 saturated carbocycles. The fraction of sp³-hybridized carbons (Fsp3) is 0.217. The normalized spacial score (nSPS) is 11.7. The number of benzene rings is 2. The lowest BCUT2D eigenvalue weighted by atomic mass is 10.2. The summed E-state index contributed by atoms with van der Waals surface area (Å²) in [6, 6.07) is 16.8. The topological polar surface area (TPSA) is 83.8 Å². The molecular formula is C23H25BrN4O3S. The van der Waals surface area contributed by atoms with Gasteiger partial charge < -0.3 is 4.57 Å². The van der Waals surface area contributed by atoms with Crippen molar-refractivity contribution in [2.45, 2.75) is 20.8 Å². The van der Waals surface area contributed by atoms with Crippen molar-refractivity contribution < 1.29 is 13.2 Å². The molecule has 0 atom stereocenters. The smallest absolute Gasteiger partial charge is 0.260 e. The summed E-state index contributed by atoms with van der Waals surface area (Å²) in [6.07, 6.45) is 2.63. The molecule has 2 aromatic carbocycles. The summed E-state index contributed by atoms with van der Waals surface area (Å²) in [6.45, 7) is 5.50. The fourth-order valence-electron chi connectivity index (χ4n) is 3.37. The highest BCUT2D eigenvalue weighted by atomic mass is 79.9. The van der Waals surface area contributed by atoms with Gasteiger partial charge in [-0.2, -0.15) is 5.10 Å². The number of hydrogen-bond donors (Lipinski definition) is 1. The van der Waals surface area contributed by atoms with Crippen LogP contribution in [0.4, 0.5) is 5.69 Å². The van der Waals surface area contributed by atoms with Crippen molar-refractivity contribution in [3.8, 4) is 5.69 Å². The van der Waals surface area contributed by atoms with Crippen molar-refractivity contribution in [3.63, 3.8) is 0 Å². The van der Waals surface area contributed by atoms with E-state index in [4.69, 9.17) is 0 Å². The van der Waals surface area contributed by atoms with Gasteiger partial charge in [0, 0.05) is 21.4 Å². The van der Waals surface area contributed by atoms with Crippen LogP contribution in [0.3, 0.4) is 0 Å². The Morgan fingerprint density at radius 1 is 1.12 bits per heavy atom. The minimum Gasteiger partial charge on any atom is -0.317 e. The van der Waals surface area contributed by atoms with E-state index in [-0.39, 0.29) is 6.54 Å². The monoisotopic (exact) mass is 516 g/mol. The standard InChI is InChI=1S/C23H25BrN4O3S/c1-16-9-11-20(12-10-16)27(32(4,30)31)15-23(29)26-25-14-19-13-17(2)28(18(19)3)22-8-6-5-7-21(22)24/h5-14H,15H2,1-4H3,(H,26,29)/b25-14-. The van der Waals surface area contributed by atoms with Crippen LogP contribution < -0.4 is 9.73 Å². The molecule has 0 spiro atoms. The highest BCUT2D eigenvalue weighted by Gasteiger charge is 2.20. The van der Waals surface area contributed by atoms with Crippen LogP contribution in [0.5, 0.6) is 0 Å². The van der Waals surface area contributed by atoms with Crippen LogP contribution >= 0.6 is 15.9 Å². The molecule has 7 nitrogen and oxygen atoms in total. The maximum Gasteiger partial charge on any atom is 0.260 e. The summed E-state index contributed by atoms with van der Waals surface area (Å²) in [7, 11) is -3.63. The number of halogens is 1. The Morgan fingerprint density at radius 3 is 2.41 bits per heavy atom. The molecule has 168 valence electrons. The lowest BCUT2D eigenvalue weighted by molar-refractivity contribution is -0.119. The fourth-order valence-corrected chi connectivity index (χ4v) is 4.69. The SMILES string of the molecule is Cc1ccc(N(CC(=O)N/N=C\c2cc(C)n(-c3ccccc3Br)c2C)S(C)(=O)=O)cc1. The van der Waals surface area contributed by atoms with Crippen molar-refractivity contribution in [1.29, 1.82) is 0 Å². The summed E-state index contributed by atoms with van der Waals surface area (Å²) in [5, 5.41) is 4.04. The van der Waals surface area contributed by atoms with Crippen molar-refractivity contribution in [3.05, 3.63) is 81.6 Å². The number of amides is 1. The van der Waals surface area contributed by atoms with E-state index in [0.717, 1.165) is 43.2 Å². The van der Waals surface area contributed by atoms with Gasteiger partial charge in [-0.3, -0.25) is 9.10 Å². The second-order valence-electron chi connectivity index (χ2n) is 7.51. The van der Waals surface area contributed by atoms with Crippen LogP contribution in [0.25, 0.3) is 5.69 Å². The van der Waals surface area contributed by atoms with E-state index in [0.29, 0.717) is 5.69 Å². The number of anilines is 1. The molecule has 32 heavy (non-hydrogen) atoms. The first-order valence-corrected chi connectivity index (χ1v) is 12.5. The first-order valence-electron chi connectivity index (χ1n) is 9.88. The van der Waals surface area contributed by atoms with Crippen LogP contribution in [-0.2, 0) is 14.8 Å². The van der Waals surface area contributed by atoms with E-state index in [1.165, 1.54) is 0 Å². The van der Waals surface area contributed by atoms with E-state index >= 15 is 0 Å². The molecule has 0 saturated heterocycles. The highest BCUT2D eigenvalue weighted by Crippen LogP contribution is 2.26. The second kappa shape index (κ2) is 9.70. The van der Waals surface area contributed by atoms with E-state index in [1.54, 1.807) is 30.5 Å². The molecule has 0 aliphatic rings. The third kappa shape index (κ3) is 5.46. The zero-order valence-corrected chi connectivity index (χ0v) is 20.7. The van der Waals surface area contributed by atoms with Gasteiger partial charge in [0.05, 0.1) is 23.8 Å². The quantitative estimate of drug-likeness (QED) is 0.379. The summed E-state index contributed by atoms with van der Waals surface area (Å²) < 4.78 is 28.5. The molecule has 0 radical (unpaired) electrons. The van der Waals surface area contributed by atoms with Crippen LogP contribution in [0.1, 0.15) is 22.5 Å².